The summed E-state index contributed by atoms with van der Waals surface area (Å²) in [6.45, 7) is 2.53. The summed E-state index contributed by atoms with van der Waals surface area (Å²) in [5.74, 6) is 0.657. The van der Waals surface area contributed by atoms with Crippen molar-refractivity contribution in [1.82, 2.24) is 14.5 Å². The first-order valence-electron chi connectivity index (χ1n) is 6.97. The van der Waals surface area contributed by atoms with Crippen LogP contribution in [0.4, 0.5) is 0 Å². The Morgan fingerprint density at radius 3 is 2.86 bits per heavy atom. The van der Waals surface area contributed by atoms with Crippen LogP contribution in [0.15, 0.2) is 47.5 Å². The summed E-state index contributed by atoms with van der Waals surface area (Å²) in [6.07, 6.45) is 7.28. The molecule has 0 atom stereocenters. The molecular weight excluding hydrogens is 389 g/mol. The highest BCUT2D eigenvalue weighted by Gasteiger charge is 2.08. The van der Waals surface area contributed by atoms with Gasteiger partial charge in [-0.3, -0.25) is 14.3 Å². The maximum atomic E-state index is 12.6. The van der Waals surface area contributed by atoms with E-state index < -0.39 is 0 Å². The van der Waals surface area contributed by atoms with Crippen molar-refractivity contribution in [1.29, 1.82) is 0 Å². The van der Waals surface area contributed by atoms with E-state index in [9.17, 15) is 4.79 Å². The van der Waals surface area contributed by atoms with Crippen LogP contribution in [-0.2, 0) is 6.54 Å². The van der Waals surface area contributed by atoms with E-state index in [2.05, 4.69) is 32.6 Å². The molecule has 0 aliphatic rings. The van der Waals surface area contributed by atoms with Gasteiger partial charge in [0.2, 0.25) is 0 Å². The number of hydrogen-bond donors (Lipinski definition) is 0. The molecule has 110 valence electrons. The third-order valence-electron chi connectivity index (χ3n) is 3.37. The van der Waals surface area contributed by atoms with Crippen molar-refractivity contribution in [3.05, 3.63) is 68.0 Å². The standard InChI is InChI=1S/C17H14IN3O/c1-2-21-16(8-5-12-4-3-9-19-11-12)20-15-7-6-13(18)10-14(15)17(21)22/h3-11H,2H2,1H3. The second kappa shape index (κ2) is 6.39. The molecule has 0 saturated heterocycles. The van der Waals surface area contributed by atoms with Crippen LogP contribution in [0.5, 0.6) is 0 Å². The van der Waals surface area contributed by atoms with Crippen LogP contribution in [0.1, 0.15) is 18.3 Å². The lowest BCUT2D eigenvalue weighted by atomic mass is 10.2. The molecule has 0 aliphatic carbocycles. The van der Waals surface area contributed by atoms with E-state index in [4.69, 9.17) is 0 Å². The van der Waals surface area contributed by atoms with Crippen LogP contribution in [0.3, 0.4) is 0 Å². The fourth-order valence-corrected chi connectivity index (χ4v) is 2.78. The second-order valence-electron chi connectivity index (χ2n) is 4.80. The molecule has 0 bridgehead atoms. The smallest absolute Gasteiger partial charge is 0.261 e. The van der Waals surface area contributed by atoms with Gasteiger partial charge in [0.1, 0.15) is 5.82 Å². The molecule has 0 amide bonds. The molecule has 22 heavy (non-hydrogen) atoms. The predicted molar refractivity (Wildman–Crippen MR) is 97.6 cm³/mol. The maximum absolute atomic E-state index is 12.6. The number of nitrogens with zero attached hydrogens (tertiary/aromatic N) is 3. The minimum atomic E-state index is -0.00291. The molecule has 0 fully saturated rings. The molecule has 3 aromatic rings. The summed E-state index contributed by atoms with van der Waals surface area (Å²) < 4.78 is 2.72. The van der Waals surface area contributed by atoms with Gasteiger partial charge in [0.15, 0.2) is 0 Å². The number of halogens is 1. The van der Waals surface area contributed by atoms with Gasteiger partial charge >= 0.3 is 0 Å². The number of fused-ring (bicyclic) bond motifs is 1. The van der Waals surface area contributed by atoms with Gasteiger partial charge in [-0.15, -0.1) is 0 Å². The Labute approximate surface area is 141 Å². The average Bonchev–Trinajstić information content (AvgIpc) is 2.55. The zero-order valence-corrected chi connectivity index (χ0v) is 14.2. The maximum Gasteiger partial charge on any atom is 0.261 e. The third kappa shape index (κ3) is 2.94. The Morgan fingerprint density at radius 1 is 1.27 bits per heavy atom. The van der Waals surface area contributed by atoms with Crippen LogP contribution >= 0.6 is 22.6 Å². The van der Waals surface area contributed by atoms with Gasteiger partial charge in [-0.2, -0.15) is 0 Å². The molecule has 0 aliphatic heterocycles. The van der Waals surface area contributed by atoms with Crippen molar-refractivity contribution in [2.75, 3.05) is 0 Å². The second-order valence-corrected chi connectivity index (χ2v) is 6.05. The van der Waals surface area contributed by atoms with Crippen molar-refractivity contribution in [2.45, 2.75) is 13.5 Å². The van der Waals surface area contributed by atoms with Crippen molar-refractivity contribution >= 4 is 45.6 Å². The SMILES string of the molecule is CCn1c(C=Cc2cccnc2)nc2ccc(I)cc2c1=O. The summed E-state index contributed by atoms with van der Waals surface area (Å²) in [6, 6.07) is 9.57. The molecular formula is C17H14IN3O. The minimum Gasteiger partial charge on any atom is -0.293 e. The van der Waals surface area contributed by atoms with E-state index >= 15 is 0 Å². The first kappa shape index (κ1) is 14.9. The lowest BCUT2D eigenvalue weighted by Gasteiger charge is -2.09. The van der Waals surface area contributed by atoms with E-state index in [1.807, 2.05) is 49.4 Å². The highest BCUT2D eigenvalue weighted by molar-refractivity contribution is 14.1. The average molecular weight is 403 g/mol. The topological polar surface area (TPSA) is 47.8 Å². The zero-order valence-electron chi connectivity index (χ0n) is 12.0. The van der Waals surface area contributed by atoms with Crippen molar-refractivity contribution in [2.24, 2.45) is 0 Å². The van der Waals surface area contributed by atoms with Crippen molar-refractivity contribution in [3.63, 3.8) is 0 Å². The molecule has 5 heteroatoms. The highest BCUT2D eigenvalue weighted by Crippen LogP contribution is 2.14. The molecule has 0 N–H and O–H groups in total. The Bertz CT molecular complexity index is 901. The largest absolute Gasteiger partial charge is 0.293 e. The minimum absolute atomic E-state index is 0.00291. The Balaban J connectivity index is 2.15. The van der Waals surface area contributed by atoms with E-state index in [1.54, 1.807) is 17.0 Å². The molecule has 2 heterocycles. The van der Waals surface area contributed by atoms with Crippen LogP contribution in [0.25, 0.3) is 23.1 Å². The quantitative estimate of drug-likeness (QED) is 0.629. The van der Waals surface area contributed by atoms with Crippen LogP contribution in [-0.4, -0.2) is 14.5 Å². The summed E-state index contributed by atoms with van der Waals surface area (Å²) in [5, 5.41) is 0.660. The number of hydrogen-bond acceptors (Lipinski definition) is 3. The van der Waals surface area contributed by atoms with Crippen LogP contribution in [0, 0.1) is 3.57 Å². The molecule has 3 rings (SSSR count). The Kier molecular flexibility index (Phi) is 4.33. The molecule has 0 saturated carbocycles. The molecule has 1 aromatic carbocycles. The van der Waals surface area contributed by atoms with Gasteiger partial charge in [-0.25, -0.2) is 4.98 Å². The molecule has 4 nitrogen and oxygen atoms in total. The summed E-state index contributed by atoms with van der Waals surface area (Å²) >= 11 is 2.20. The fraction of sp³-hybridized carbons (Fsp3) is 0.118. The van der Waals surface area contributed by atoms with E-state index in [1.165, 1.54) is 0 Å². The van der Waals surface area contributed by atoms with Gasteiger partial charge in [0.25, 0.3) is 5.56 Å². The fourth-order valence-electron chi connectivity index (χ4n) is 2.29. The lowest BCUT2D eigenvalue weighted by Crippen LogP contribution is -2.23. The lowest BCUT2D eigenvalue weighted by molar-refractivity contribution is 0.708. The Hall–Kier alpha value is -2.02. The normalized spacial score (nSPS) is 11.4. The van der Waals surface area contributed by atoms with Gasteiger partial charge in [0, 0.05) is 22.5 Å². The van der Waals surface area contributed by atoms with Gasteiger partial charge < -0.3 is 0 Å². The van der Waals surface area contributed by atoms with Crippen LogP contribution in [0.2, 0.25) is 0 Å². The summed E-state index contributed by atoms with van der Waals surface area (Å²) in [5.41, 5.74) is 1.69. The van der Waals surface area contributed by atoms with Crippen molar-refractivity contribution < 1.29 is 0 Å². The zero-order chi connectivity index (χ0) is 15.5. The van der Waals surface area contributed by atoms with Gasteiger partial charge in [-0.05, 0) is 71.5 Å². The van der Waals surface area contributed by atoms with Crippen molar-refractivity contribution in [3.8, 4) is 0 Å². The summed E-state index contributed by atoms with van der Waals surface area (Å²) in [7, 11) is 0. The van der Waals surface area contributed by atoms with E-state index in [-0.39, 0.29) is 5.56 Å². The monoisotopic (exact) mass is 403 g/mol. The molecule has 0 spiro atoms. The molecule has 2 aromatic heterocycles. The Morgan fingerprint density at radius 2 is 2.14 bits per heavy atom. The number of benzene rings is 1. The third-order valence-corrected chi connectivity index (χ3v) is 4.04. The highest BCUT2D eigenvalue weighted by atomic mass is 127. The van der Waals surface area contributed by atoms with E-state index in [0.717, 1.165) is 14.7 Å². The first-order chi connectivity index (χ1) is 10.7. The predicted octanol–water partition coefficient (Wildman–Crippen LogP) is 3.59. The van der Waals surface area contributed by atoms with Gasteiger partial charge in [0.05, 0.1) is 10.9 Å². The number of pyridine rings is 1. The number of rotatable bonds is 3. The first-order valence-corrected chi connectivity index (χ1v) is 8.05. The van der Waals surface area contributed by atoms with E-state index in [0.29, 0.717) is 17.8 Å². The molecule has 0 unspecified atom stereocenters. The number of aromatic nitrogens is 3. The van der Waals surface area contributed by atoms with Gasteiger partial charge in [-0.1, -0.05) is 6.07 Å². The summed E-state index contributed by atoms with van der Waals surface area (Å²) in [4.78, 5) is 21.3. The molecule has 0 radical (unpaired) electrons. The van der Waals surface area contributed by atoms with Crippen LogP contribution < -0.4 is 5.56 Å².